The van der Waals surface area contributed by atoms with Crippen LogP contribution in [0.2, 0.25) is 0 Å². The summed E-state index contributed by atoms with van der Waals surface area (Å²) in [5.74, 6) is 0.838. The smallest absolute Gasteiger partial charge is 0.240 e. The van der Waals surface area contributed by atoms with Gasteiger partial charge in [-0.05, 0) is 61.2 Å². The van der Waals surface area contributed by atoms with Gasteiger partial charge in [-0.15, -0.1) is 0 Å². The van der Waals surface area contributed by atoms with Gasteiger partial charge in [0.15, 0.2) is 0 Å². The van der Waals surface area contributed by atoms with Gasteiger partial charge < -0.3 is 10.1 Å². The Labute approximate surface area is 166 Å². The van der Waals surface area contributed by atoms with Gasteiger partial charge in [0.25, 0.3) is 0 Å². The largest absolute Gasteiger partial charge is 0.497 e. The van der Waals surface area contributed by atoms with Crippen LogP contribution in [0.25, 0.3) is 10.8 Å². The quantitative estimate of drug-likeness (QED) is 0.541. The Bertz CT molecular complexity index is 1020. The highest BCUT2D eigenvalue weighted by Gasteiger charge is 2.17. The summed E-state index contributed by atoms with van der Waals surface area (Å²) in [5.41, 5.74) is 1.20. The van der Waals surface area contributed by atoms with Crippen molar-refractivity contribution in [3.05, 3.63) is 66.5 Å². The second-order valence-corrected chi connectivity index (χ2v) is 8.42. The van der Waals surface area contributed by atoms with Crippen LogP contribution in [-0.4, -0.2) is 39.6 Å². The van der Waals surface area contributed by atoms with E-state index in [4.69, 9.17) is 4.74 Å². The Morgan fingerprint density at radius 1 is 1.07 bits per heavy atom. The number of hydrogen-bond acceptors (Lipinski definition) is 5. The Hall–Kier alpha value is -2.48. The van der Waals surface area contributed by atoms with Gasteiger partial charge in [-0.25, -0.2) is 13.1 Å². The first kappa shape index (κ1) is 20.3. The van der Waals surface area contributed by atoms with E-state index in [0.717, 1.165) is 29.5 Å². The van der Waals surface area contributed by atoms with Crippen LogP contribution in [0.3, 0.4) is 0 Å². The third-order valence-electron chi connectivity index (χ3n) is 4.48. The molecule has 0 aliphatic carbocycles. The van der Waals surface area contributed by atoms with E-state index in [9.17, 15) is 8.42 Å². The molecule has 0 aliphatic rings. The molecule has 0 saturated carbocycles. The number of nitrogens with zero attached hydrogens (tertiary/aromatic N) is 1. The predicted molar refractivity (Wildman–Crippen MR) is 111 cm³/mol. The number of nitrogens with one attached hydrogen (secondary N) is 2. The SMILES string of the molecule is COc1ccc(CCNCC(C)NS(=O)(=O)c2ccc3cnccc3c2)cc1. The molecule has 0 saturated heterocycles. The fourth-order valence-electron chi connectivity index (χ4n) is 2.95. The molecule has 0 aliphatic heterocycles. The summed E-state index contributed by atoms with van der Waals surface area (Å²) in [4.78, 5) is 4.31. The van der Waals surface area contributed by atoms with Gasteiger partial charge in [0.05, 0.1) is 12.0 Å². The van der Waals surface area contributed by atoms with Crippen LogP contribution >= 0.6 is 0 Å². The van der Waals surface area contributed by atoms with Crippen LogP contribution < -0.4 is 14.8 Å². The summed E-state index contributed by atoms with van der Waals surface area (Å²) < 4.78 is 33.1. The number of methoxy groups -OCH3 is 1. The Balaban J connectivity index is 1.50. The monoisotopic (exact) mass is 399 g/mol. The van der Waals surface area contributed by atoms with Crippen molar-refractivity contribution < 1.29 is 13.2 Å². The van der Waals surface area contributed by atoms with E-state index in [2.05, 4.69) is 15.0 Å². The van der Waals surface area contributed by atoms with E-state index in [1.807, 2.05) is 31.2 Å². The number of sulfonamides is 1. The molecular formula is C21H25N3O3S. The number of fused-ring (bicyclic) bond motifs is 1. The molecule has 0 radical (unpaired) electrons. The fraction of sp³-hybridized carbons (Fsp3) is 0.286. The lowest BCUT2D eigenvalue weighted by molar-refractivity contribution is 0.414. The molecule has 28 heavy (non-hydrogen) atoms. The number of ether oxygens (including phenoxy) is 1. The molecule has 6 nitrogen and oxygen atoms in total. The average Bonchev–Trinajstić information content (AvgIpc) is 2.71. The normalized spacial score (nSPS) is 12.8. The zero-order valence-corrected chi connectivity index (χ0v) is 16.9. The first-order valence-electron chi connectivity index (χ1n) is 9.18. The lowest BCUT2D eigenvalue weighted by Crippen LogP contribution is -2.40. The summed E-state index contributed by atoms with van der Waals surface area (Å²) in [6.07, 6.45) is 4.23. The van der Waals surface area contributed by atoms with E-state index in [-0.39, 0.29) is 10.9 Å². The number of hydrogen-bond donors (Lipinski definition) is 2. The summed E-state index contributed by atoms with van der Waals surface area (Å²) in [7, 11) is -1.93. The van der Waals surface area contributed by atoms with Crippen molar-refractivity contribution in [2.75, 3.05) is 20.2 Å². The molecule has 0 fully saturated rings. The standard InChI is InChI=1S/C21H25N3O3S/c1-16(14-22-11-9-17-3-6-20(27-2)7-4-17)24-28(25,26)21-8-5-19-15-23-12-10-18(19)13-21/h3-8,10,12-13,15-16,22,24H,9,11,14H2,1-2H3. The molecule has 3 rings (SSSR count). The van der Waals surface area contributed by atoms with Gasteiger partial charge in [0.1, 0.15) is 5.75 Å². The minimum Gasteiger partial charge on any atom is -0.497 e. The van der Waals surface area contributed by atoms with Crippen molar-refractivity contribution in [1.29, 1.82) is 0 Å². The predicted octanol–water partition coefficient (Wildman–Crippen LogP) is 2.74. The lowest BCUT2D eigenvalue weighted by atomic mass is 10.1. The van der Waals surface area contributed by atoms with Gasteiger partial charge in [-0.2, -0.15) is 0 Å². The third kappa shape index (κ3) is 5.28. The molecule has 0 spiro atoms. The minimum absolute atomic E-state index is 0.228. The number of pyridine rings is 1. The summed E-state index contributed by atoms with van der Waals surface area (Å²) >= 11 is 0. The van der Waals surface area contributed by atoms with Crippen molar-refractivity contribution in [2.24, 2.45) is 0 Å². The van der Waals surface area contributed by atoms with Crippen molar-refractivity contribution in [3.8, 4) is 5.75 Å². The zero-order valence-electron chi connectivity index (χ0n) is 16.1. The van der Waals surface area contributed by atoms with Crippen molar-refractivity contribution in [3.63, 3.8) is 0 Å². The molecule has 1 unspecified atom stereocenters. The Kier molecular flexibility index (Phi) is 6.61. The third-order valence-corrected chi connectivity index (χ3v) is 6.07. The highest BCUT2D eigenvalue weighted by Crippen LogP contribution is 2.18. The molecule has 0 bridgehead atoms. The number of aromatic nitrogens is 1. The molecule has 0 amide bonds. The molecule has 1 aromatic heterocycles. The maximum atomic E-state index is 12.6. The second kappa shape index (κ2) is 9.14. The average molecular weight is 400 g/mol. The van der Waals surface area contributed by atoms with Gasteiger partial charge >= 0.3 is 0 Å². The van der Waals surface area contributed by atoms with Gasteiger partial charge in [-0.1, -0.05) is 18.2 Å². The molecule has 2 N–H and O–H groups in total. The molecule has 148 valence electrons. The Morgan fingerprint density at radius 3 is 2.61 bits per heavy atom. The highest BCUT2D eigenvalue weighted by molar-refractivity contribution is 7.89. The van der Waals surface area contributed by atoms with Crippen LogP contribution in [0.1, 0.15) is 12.5 Å². The van der Waals surface area contributed by atoms with Gasteiger partial charge in [-0.3, -0.25) is 4.98 Å². The molecule has 7 heteroatoms. The number of rotatable bonds is 9. The maximum Gasteiger partial charge on any atom is 0.240 e. The van der Waals surface area contributed by atoms with Crippen LogP contribution in [0.4, 0.5) is 0 Å². The van der Waals surface area contributed by atoms with Gasteiger partial charge in [0.2, 0.25) is 10.0 Å². The fourth-order valence-corrected chi connectivity index (χ4v) is 4.23. The van der Waals surface area contributed by atoms with Crippen molar-refractivity contribution in [2.45, 2.75) is 24.3 Å². The first-order valence-corrected chi connectivity index (χ1v) is 10.7. The van der Waals surface area contributed by atoms with E-state index < -0.39 is 10.0 Å². The molecular weight excluding hydrogens is 374 g/mol. The van der Waals surface area contributed by atoms with E-state index in [1.54, 1.807) is 43.8 Å². The summed E-state index contributed by atoms with van der Waals surface area (Å²) in [6.45, 7) is 3.16. The van der Waals surface area contributed by atoms with E-state index >= 15 is 0 Å². The van der Waals surface area contributed by atoms with Crippen LogP contribution in [0, 0.1) is 0 Å². The van der Waals surface area contributed by atoms with E-state index in [1.165, 1.54) is 5.56 Å². The molecule has 3 aromatic rings. The van der Waals surface area contributed by atoms with Crippen LogP contribution in [0.15, 0.2) is 65.8 Å². The van der Waals surface area contributed by atoms with Crippen molar-refractivity contribution >= 4 is 20.8 Å². The molecule has 1 atom stereocenters. The summed E-state index contributed by atoms with van der Waals surface area (Å²) in [6, 6.07) is 14.6. The number of benzene rings is 2. The first-order chi connectivity index (χ1) is 13.5. The zero-order chi connectivity index (χ0) is 20.0. The van der Waals surface area contributed by atoms with E-state index in [0.29, 0.717) is 6.54 Å². The Morgan fingerprint density at radius 2 is 1.86 bits per heavy atom. The second-order valence-electron chi connectivity index (χ2n) is 6.71. The summed E-state index contributed by atoms with van der Waals surface area (Å²) in [5, 5.41) is 5.06. The minimum atomic E-state index is -3.57. The van der Waals surface area contributed by atoms with Crippen molar-refractivity contribution in [1.82, 2.24) is 15.0 Å². The highest BCUT2D eigenvalue weighted by atomic mass is 32.2. The maximum absolute atomic E-state index is 12.6. The van der Waals surface area contributed by atoms with Crippen LogP contribution in [-0.2, 0) is 16.4 Å². The van der Waals surface area contributed by atoms with Gasteiger partial charge in [0, 0.05) is 30.4 Å². The lowest BCUT2D eigenvalue weighted by Gasteiger charge is -2.15. The molecule has 1 heterocycles. The van der Waals surface area contributed by atoms with Crippen LogP contribution in [0.5, 0.6) is 5.75 Å². The molecule has 2 aromatic carbocycles. The topological polar surface area (TPSA) is 80.3 Å².